The van der Waals surface area contributed by atoms with Crippen LogP contribution in [0.2, 0.25) is 0 Å². The van der Waals surface area contributed by atoms with Gasteiger partial charge in [-0.05, 0) is 62.8 Å². The molecule has 26 heavy (non-hydrogen) atoms. The van der Waals surface area contributed by atoms with Gasteiger partial charge in [-0.1, -0.05) is 48.9 Å². The highest BCUT2D eigenvalue weighted by atomic mass is 16.5. The number of hydrogen-bond acceptors (Lipinski definition) is 2. The Kier molecular flexibility index (Phi) is 5.43. The maximum atomic E-state index is 6.20. The molecule has 0 amide bonds. The predicted octanol–water partition coefficient (Wildman–Crippen LogP) is 5.52. The van der Waals surface area contributed by atoms with E-state index in [1.54, 1.807) is 0 Å². The van der Waals surface area contributed by atoms with Crippen LogP contribution in [0.1, 0.15) is 49.8 Å². The van der Waals surface area contributed by atoms with Crippen LogP contribution in [0.25, 0.3) is 0 Å². The van der Waals surface area contributed by atoms with Gasteiger partial charge in [0.25, 0.3) is 0 Å². The number of benzene rings is 2. The maximum Gasteiger partial charge on any atom is 0.0660 e. The third kappa shape index (κ3) is 3.96. The van der Waals surface area contributed by atoms with Crippen molar-refractivity contribution in [3.05, 3.63) is 65.2 Å². The second-order valence-corrected chi connectivity index (χ2v) is 8.46. The van der Waals surface area contributed by atoms with Crippen LogP contribution in [0.5, 0.6) is 0 Å². The highest BCUT2D eigenvalue weighted by molar-refractivity contribution is 5.46. The van der Waals surface area contributed by atoms with E-state index in [2.05, 4.69) is 88.3 Å². The van der Waals surface area contributed by atoms with Gasteiger partial charge >= 0.3 is 0 Å². The number of rotatable bonds is 5. The summed E-state index contributed by atoms with van der Waals surface area (Å²) in [6.07, 6.45) is 4.29. The summed E-state index contributed by atoms with van der Waals surface area (Å²) in [5, 5.41) is 0. The van der Waals surface area contributed by atoms with Gasteiger partial charge < -0.3 is 9.64 Å². The largest absolute Gasteiger partial charge is 0.378 e. The molecule has 0 saturated carbocycles. The standard InChI is InChI=1S/C24H33NO/c1-6-23(3)18-24(15-16-26-23,21-11-7-19(2)8-12-21)17-20-9-13-22(14-10-20)25(4)5/h7-14H,6,15-18H2,1-5H3. The quantitative estimate of drug-likeness (QED) is 0.703. The van der Waals surface area contributed by atoms with Crippen molar-refractivity contribution in [1.29, 1.82) is 0 Å². The summed E-state index contributed by atoms with van der Waals surface area (Å²) < 4.78 is 6.20. The Hall–Kier alpha value is -1.80. The average molecular weight is 352 g/mol. The van der Waals surface area contributed by atoms with Crippen molar-refractivity contribution in [2.45, 2.75) is 57.5 Å². The van der Waals surface area contributed by atoms with E-state index < -0.39 is 0 Å². The second kappa shape index (κ2) is 7.44. The number of hydrogen-bond donors (Lipinski definition) is 0. The van der Waals surface area contributed by atoms with E-state index in [1.807, 2.05) is 0 Å². The lowest BCUT2D eigenvalue weighted by Crippen LogP contribution is -2.46. The van der Waals surface area contributed by atoms with Crippen LogP contribution in [0, 0.1) is 6.92 Å². The van der Waals surface area contributed by atoms with Crippen LogP contribution >= 0.6 is 0 Å². The van der Waals surface area contributed by atoms with E-state index in [1.165, 1.54) is 22.4 Å². The predicted molar refractivity (Wildman–Crippen MR) is 111 cm³/mol. The molecule has 2 unspecified atom stereocenters. The summed E-state index contributed by atoms with van der Waals surface area (Å²) >= 11 is 0. The van der Waals surface area contributed by atoms with Crippen LogP contribution in [0.3, 0.4) is 0 Å². The maximum absolute atomic E-state index is 6.20. The van der Waals surface area contributed by atoms with Gasteiger partial charge in [0.2, 0.25) is 0 Å². The zero-order valence-corrected chi connectivity index (χ0v) is 17.0. The smallest absolute Gasteiger partial charge is 0.0660 e. The van der Waals surface area contributed by atoms with E-state index >= 15 is 0 Å². The van der Waals surface area contributed by atoms with Gasteiger partial charge in [-0.25, -0.2) is 0 Å². The topological polar surface area (TPSA) is 12.5 Å². The molecule has 1 fully saturated rings. The highest BCUT2D eigenvalue weighted by Gasteiger charge is 2.43. The van der Waals surface area contributed by atoms with Crippen LogP contribution in [-0.4, -0.2) is 26.3 Å². The first-order chi connectivity index (χ1) is 12.4. The van der Waals surface area contributed by atoms with Gasteiger partial charge in [-0.15, -0.1) is 0 Å². The van der Waals surface area contributed by atoms with Gasteiger partial charge in [0.1, 0.15) is 0 Å². The molecule has 0 aromatic heterocycles. The van der Waals surface area contributed by atoms with Crippen LogP contribution < -0.4 is 4.90 Å². The fourth-order valence-electron chi connectivity index (χ4n) is 4.28. The highest BCUT2D eigenvalue weighted by Crippen LogP contribution is 2.45. The first-order valence-electron chi connectivity index (χ1n) is 9.83. The number of ether oxygens (including phenoxy) is 1. The molecule has 140 valence electrons. The first-order valence-corrected chi connectivity index (χ1v) is 9.83. The minimum Gasteiger partial charge on any atom is -0.378 e. The third-order valence-electron chi connectivity index (χ3n) is 6.15. The van der Waals surface area contributed by atoms with Crippen LogP contribution in [0.15, 0.2) is 48.5 Å². The van der Waals surface area contributed by atoms with Crippen molar-refractivity contribution >= 4 is 5.69 Å². The van der Waals surface area contributed by atoms with Gasteiger partial charge in [-0.3, -0.25) is 0 Å². The summed E-state index contributed by atoms with van der Waals surface area (Å²) in [6, 6.07) is 18.2. The summed E-state index contributed by atoms with van der Waals surface area (Å²) in [7, 11) is 4.18. The lowest BCUT2D eigenvalue weighted by Gasteiger charge is -2.47. The van der Waals surface area contributed by atoms with E-state index in [9.17, 15) is 0 Å². The molecule has 1 heterocycles. The Morgan fingerprint density at radius 3 is 2.23 bits per heavy atom. The zero-order valence-electron chi connectivity index (χ0n) is 17.0. The van der Waals surface area contributed by atoms with E-state index in [0.29, 0.717) is 0 Å². The lowest BCUT2D eigenvalue weighted by atomic mass is 9.65. The van der Waals surface area contributed by atoms with Crippen molar-refractivity contribution in [1.82, 2.24) is 0 Å². The molecule has 2 nitrogen and oxygen atoms in total. The lowest BCUT2D eigenvalue weighted by molar-refractivity contribution is -0.0965. The van der Waals surface area contributed by atoms with Crippen LogP contribution in [-0.2, 0) is 16.6 Å². The third-order valence-corrected chi connectivity index (χ3v) is 6.15. The summed E-state index contributed by atoms with van der Waals surface area (Å²) in [5.74, 6) is 0. The van der Waals surface area contributed by atoms with Crippen LogP contribution in [0.4, 0.5) is 5.69 Å². The Balaban J connectivity index is 1.96. The Morgan fingerprint density at radius 1 is 1.00 bits per heavy atom. The zero-order chi connectivity index (χ0) is 18.8. The van der Waals surface area contributed by atoms with Crippen molar-refractivity contribution in [2.24, 2.45) is 0 Å². The second-order valence-electron chi connectivity index (χ2n) is 8.46. The van der Waals surface area contributed by atoms with E-state index in [4.69, 9.17) is 4.74 Å². The number of anilines is 1. The van der Waals surface area contributed by atoms with Gasteiger partial charge in [0.05, 0.1) is 5.60 Å². The molecule has 2 heteroatoms. The Morgan fingerprint density at radius 2 is 1.65 bits per heavy atom. The molecule has 0 bridgehead atoms. The molecule has 0 aliphatic carbocycles. The molecular formula is C24H33NO. The monoisotopic (exact) mass is 351 g/mol. The first kappa shape index (κ1) is 19.0. The molecule has 0 N–H and O–H groups in total. The SMILES string of the molecule is CCC1(C)CC(Cc2ccc(N(C)C)cc2)(c2ccc(C)cc2)CCO1. The molecule has 2 aromatic carbocycles. The molecule has 3 rings (SSSR count). The minimum atomic E-state index is -0.0350. The fraction of sp³-hybridized carbons (Fsp3) is 0.500. The molecule has 1 saturated heterocycles. The Bertz CT molecular complexity index is 719. The normalized spacial score (nSPS) is 25.9. The summed E-state index contributed by atoms with van der Waals surface area (Å²) in [4.78, 5) is 2.15. The molecule has 0 radical (unpaired) electrons. The van der Waals surface area contributed by atoms with Gasteiger partial charge in [0, 0.05) is 31.8 Å². The van der Waals surface area contributed by atoms with Crippen molar-refractivity contribution in [2.75, 3.05) is 25.6 Å². The molecule has 0 spiro atoms. The average Bonchev–Trinajstić information content (AvgIpc) is 2.63. The van der Waals surface area contributed by atoms with Crippen molar-refractivity contribution in [3.8, 4) is 0 Å². The molecule has 2 atom stereocenters. The van der Waals surface area contributed by atoms with Gasteiger partial charge in [0.15, 0.2) is 0 Å². The molecular weight excluding hydrogens is 318 g/mol. The Labute approximate surface area is 159 Å². The minimum absolute atomic E-state index is 0.0350. The van der Waals surface area contributed by atoms with Crippen molar-refractivity contribution in [3.63, 3.8) is 0 Å². The summed E-state index contributed by atoms with van der Waals surface area (Å²) in [5.41, 5.74) is 5.57. The van der Waals surface area contributed by atoms with Gasteiger partial charge in [-0.2, -0.15) is 0 Å². The fourth-order valence-corrected chi connectivity index (χ4v) is 4.28. The number of nitrogens with zero attached hydrogens (tertiary/aromatic N) is 1. The van der Waals surface area contributed by atoms with E-state index in [0.717, 1.165) is 32.3 Å². The molecule has 1 aliphatic heterocycles. The molecule has 2 aromatic rings. The van der Waals surface area contributed by atoms with E-state index in [-0.39, 0.29) is 11.0 Å². The number of aryl methyl sites for hydroxylation is 1. The summed E-state index contributed by atoms with van der Waals surface area (Å²) in [6.45, 7) is 7.53. The van der Waals surface area contributed by atoms with Crippen molar-refractivity contribution < 1.29 is 4.74 Å². The molecule has 1 aliphatic rings.